The predicted octanol–water partition coefficient (Wildman–Crippen LogP) is 5.84. The van der Waals surface area contributed by atoms with Gasteiger partial charge >= 0.3 is 0 Å². The van der Waals surface area contributed by atoms with Crippen molar-refractivity contribution in [3.63, 3.8) is 0 Å². The maximum Gasteiger partial charge on any atom is 0.142 e. The first-order valence-corrected chi connectivity index (χ1v) is 10.4. The molecule has 154 valence electrons. The lowest BCUT2D eigenvalue weighted by molar-refractivity contribution is 0.414. The van der Waals surface area contributed by atoms with Crippen molar-refractivity contribution in [2.24, 2.45) is 0 Å². The van der Waals surface area contributed by atoms with Crippen LogP contribution in [0.3, 0.4) is 0 Å². The number of phenols is 1. The first-order chi connectivity index (χ1) is 13.9. The summed E-state index contributed by atoms with van der Waals surface area (Å²) in [4.78, 5) is 2.25. The molecular weight excluding hydrogens is 382 g/mol. The second kappa shape index (κ2) is 8.74. The highest BCUT2D eigenvalue weighted by molar-refractivity contribution is 7.71. The van der Waals surface area contributed by atoms with Gasteiger partial charge in [-0.1, -0.05) is 25.2 Å². The number of benzene rings is 2. The largest absolute Gasteiger partial charge is 0.507 e. The standard InChI is InChI=1S/C23H29N3O2S/c1-6-15-12-17(19(27)11-14(15)4)22-21(23(29)25-24-22)16-9-10-20(28-5)18(13-16)26(7-2)8-3/h9-13,27H,6-8H2,1-5H3,(H2,24,25,29). The molecule has 0 aliphatic rings. The van der Waals surface area contributed by atoms with Crippen LogP contribution in [0.25, 0.3) is 22.4 Å². The SMILES string of the molecule is CCc1cc(-c2[nH][nH]c(=S)c2-c2ccc(OC)c(N(CC)CC)c2)c(O)cc1C. The number of nitrogens with zero attached hydrogens (tertiary/aromatic N) is 1. The number of hydrogen-bond donors (Lipinski definition) is 3. The van der Waals surface area contributed by atoms with Crippen molar-refractivity contribution in [1.82, 2.24) is 10.2 Å². The fraction of sp³-hybridized carbons (Fsp3) is 0.348. The molecule has 1 heterocycles. The molecule has 3 N–H and O–H groups in total. The fourth-order valence-electron chi connectivity index (χ4n) is 3.81. The molecule has 0 aliphatic carbocycles. The number of methoxy groups -OCH3 is 1. The highest BCUT2D eigenvalue weighted by Crippen LogP contribution is 2.40. The van der Waals surface area contributed by atoms with Gasteiger partial charge < -0.3 is 14.7 Å². The fourth-order valence-corrected chi connectivity index (χ4v) is 4.08. The van der Waals surface area contributed by atoms with Crippen molar-refractivity contribution in [1.29, 1.82) is 0 Å². The van der Waals surface area contributed by atoms with Crippen LogP contribution >= 0.6 is 12.2 Å². The number of H-pyrrole nitrogens is 2. The van der Waals surface area contributed by atoms with Crippen LogP contribution in [0.2, 0.25) is 0 Å². The summed E-state index contributed by atoms with van der Waals surface area (Å²) in [5.41, 5.74) is 6.69. The van der Waals surface area contributed by atoms with E-state index in [1.807, 2.05) is 31.2 Å². The van der Waals surface area contributed by atoms with Gasteiger partial charge in [0.2, 0.25) is 0 Å². The van der Waals surface area contributed by atoms with E-state index >= 15 is 0 Å². The molecule has 0 saturated carbocycles. The molecule has 0 aliphatic heterocycles. The van der Waals surface area contributed by atoms with Crippen LogP contribution in [0, 0.1) is 11.6 Å². The summed E-state index contributed by atoms with van der Waals surface area (Å²) in [6, 6.07) is 9.94. The second-order valence-electron chi connectivity index (χ2n) is 7.04. The van der Waals surface area contributed by atoms with Crippen LogP contribution in [-0.4, -0.2) is 35.5 Å². The van der Waals surface area contributed by atoms with Gasteiger partial charge in [0.25, 0.3) is 0 Å². The molecule has 0 fully saturated rings. The highest BCUT2D eigenvalue weighted by Gasteiger charge is 2.19. The van der Waals surface area contributed by atoms with Crippen molar-refractivity contribution in [3.05, 3.63) is 46.1 Å². The van der Waals surface area contributed by atoms with Gasteiger partial charge in [0.15, 0.2) is 0 Å². The van der Waals surface area contributed by atoms with Crippen molar-refractivity contribution in [2.75, 3.05) is 25.1 Å². The van der Waals surface area contributed by atoms with Crippen LogP contribution in [-0.2, 0) is 6.42 Å². The number of phenolic OH excluding ortho intramolecular Hbond substituents is 1. The molecular formula is C23H29N3O2S. The van der Waals surface area contributed by atoms with Crippen molar-refractivity contribution < 1.29 is 9.84 Å². The van der Waals surface area contributed by atoms with Crippen LogP contribution in [0.1, 0.15) is 31.9 Å². The van der Waals surface area contributed by atoms with Gasteiger partial charge in [-0.25, -0.2) is 0 Å². The minimum absolute atomic E-state index is 0.240. The Hall–Kier alpha value is -2.73. The smallest absolute Gasteiger partial charge is 0.142 e. The van der Waals surface area contributed by atoms with Crippen LogP contribution in [0.15, 0.2) is 30.3 Å². The third-order valence-electron chi connectivity index (χ3n) is 5.45. The molecule has 0 saturated heterocycles. The van der Waals surface area contributed by atoms with Gasteiger partial charge in [-0.2, -0.15) is 0 Å². The molecule has 0 unspecified atom stereocenters. The first kappa shape index (κ1) is 21.0. The lowest BCUT2D eigenvalue weighted by atomic mass is 9.96. The number of hydrogen-bond acceptors (Lipinski definition) is 4. The summed E-state index contributed by atoms with van der Waals surface area (Å²) in [6.45, 7) is 10.1. The Labute approximate surface area is 177 Å². The van der Waals surface area contributed by atoms with Gasteiger partial charge in [-0.15, -0.1) is 0 Å². The van der Waals surface area contributed by atoms with Crippen molar-refractivity contribution in [2.45, 2.75) is 34.1 Å². The molecule has 5 nitrogen and oxygen atoms in total. The maximum absolute atomic E-state index is 10.7. The number of aromatic hydroxyl groups is 1. The third kappa shape index (κ3) is 3.90. The van der Waals surface area contributed by atoms with E-state index in [1.165, 1.54) is 5.56 Å². The van der Waals surface area contributed by atoms with Crippen LogP contribution < -0.4 is 9.64 Å². The van der Waals surface area contributed by atoms with Gasteiger partial charge in [0.05, 0.1) is 18.5 Å². The molecule has 3 aromatic rings. The van der Waals surface area contributed by atoms with E-state index in [2.05, 4.69) is 41.9 Å². The quantitative estimate of drug-likeness (QED) is 0.428. The Kier molecular flexibility index (Phi) is 6.33. The Morgan fingerprint density at radius 2 is 1.79 bits per heavy atom. The molecule has 0 radical (unpaired) electrons. The Balaban J connectivity index is 2.22. The summed E-state index contributed by atoms with van der Waals surface area (Å²) in [5.74, 6) is 1.07. The second-order valence-corrected chi connectivity index (χ2v) is 7.45. The van der Waals surface area contributed by atoms with E-state index in [0.29, 0.717) is 4.64 Å². The van der Waals surface area contributed by atoms with Crippen molar-refractivity contribution in [3.8, 4) is 33.9 Å². The normalized spacial score (nSPS) is 10.9. The molecule has 2 aromatic carbocycles. The van der Waals surface area contributed by atoms with Crippen LogP contribution in [0.4, 0.5) is 5.69 Å². The van der Waals surface area contributed by atoms with Gasteiger partial charge in [0.1, 0.15) is 16.1 Å². The van der Waals surface area contributed by atoms with E-state index in [9.17, 15) is 5.11 Å². The topological polar surface area (TPSA) is 64.3 Å². The number of anilines is 1. The molecule has 0 spiro atoms. The number of nitrogens with one attached hydrogen (secondary N) is 2. The lowest BCUT2D eigenvalue weighted by Crippen LogP contribution is -2.22. The van der Waals surface area contributed by atoms with Crippen LogP contribution in [0.5, 0.6) is 11.5 Å². The maximum atomic E-state index is 10.7. The molecule has 6 heteroatoms. The molecule has 3 rings (SSSR count). The monoisotopic (exact) mass is 411 g/mol. The van der Waals surface area contributed by atoms with Gasteiger partial charge in [0, 0.05) is 24.2 Å². The van der Waals surface area contributed by atoms with E-state index in [4.69, 9.17) is 17.0 Å². The summed E-state index contributed by atoms with van der Waals surface area (Å²) >= 11 is 5.60. The molecule has 0 bridgehead atoms. The Morgan fingerprint density at radius 1 is 1.07 bits per heavy atom. The van der Waals surface area contributed by atoms with E-state index in [0.717, 1.165) is 58.9 Å². The van der Waals surface area contributed by atoms with E-state index in [1.54, 1.807) is 7.11 Å². The van der Waals surface area contributed by atoms with Crippen molar-refractivity contribution >= 4 is 17.9 Å². The van der Waals surface area contributed by atoms with Gasteiger partial charge in [-0.05, 0) is 68.1 Å². The Bertz CT molecular complexity index is 1060. The zero-order chi connectivity index (χ0) is 21.1. The summed E-state index contributed by atoms with van der Waals surface area (Å²) in [6.07, 6.45) is 0.897. The minimum Gasteiger partial charge on any atom is -0.507 e. The lowest BCUT2D eigenvalue weighted by Gasteiger charge is -2.24. The molecule has 0 atom stereocenters. The number of rotatable bonds is 7. The summed E-state index contributed by atoms with van der Waals surface area (Å²) < 4.78 is 6.19. The molecule has 0 amide bonds. The zero-order valence-corrected chi connectivity index (χ0v) is 18.5. The summed E-state index contributed by atoms with van der Waals surface area (Å²) in [5, 5.41) is 16.9. The summed E-state index contributed by atoms with van der Waals surface area (Å²) in [7, 11) is 1.69. The molecule has 1 aromatic heterocycles. The Morgan fingerprint density at radius 3 is 2.41 bits per heavy atom. The first-order valence-electron chi connectivity index (χ1n) is 10.0. The number of ether oxygens (including phenoxy) is 1. The highest BCUT2D eigenvalue weighted by atomic mass is 32.1. The van der Waals surface area contributed by atoms with Gasteiger partial charge in [-0.3, -0.25) is 10.2 Å². The number of aryl methyl sites for hydroxylation is 2. The third-order valence-corrected chi connectivity index (χ3v) is 5.76. The number of aromatic nitrogens is 2. The van der Waals surface area contributed by atoms with E-state index in [-0.39, 0.29) is 5.75 Å². The van der Waals surface area contributed by atoms with E-state index < -0.39 is 0 Å². The zero-order valence-electron chi connectivity index (χ0n) is 17.7. The predicted molar refractivity (Wildman–Crippen MR) is 123 cm³/mol. The minimum atomic E-state index is 0.240. The molecule has 29 heavy (non-hydrogen) atoms. The average Bonchev–Trinajstić information content (AvgIpc) is 3.10. The average molecular weight is 412 g/mol. The number of aromatic amines is 2.